The van der Waals surface area contributed by atoms with Crippen molar-refractivity contribution in [3.05, 3.63) is 51.5 Å². The molecule has 1 aliphatic rings. The molecular weight excluding hydrogens is 530 g/mol. The van der Waals surface area contributed by atoms with Crippen molar-refractivity contribution in [1.29, 1.82) is 0 Å². The van der Waals surface area contributed by atoms with Gasteiger partial charge in [-0.3, -0.25) is 13.9 Å². The van der Waals surface area contributed by atoms with Gasteiger partial charge in [0.25, 0.3) is 0 Å². The maximum absolute atomic E-state index is 15.2. The van der Waals surface area contributed by atoms with Crippen molar-refractivity contribution < 1.29 is 40.1 Å². The molecule has 6 atom stereocenters. The largest absolute Gasteiger partial charge is 0.463 e. The number of H-pyrrole nitrogens is 1. The lowest BCUT2D eigenvalue weighted by Crippen LogP contribution is -2.32. The molecule has 0 bridgehead atoms. The third kappa shape index (κ3) is 7.08. The third-order valence-corrected chi connectivity index (χ3v) is 7.77. The summed E-state index contributed by atoms with van der Waals surface area (Å²) in [6, 6.07) is 7.84. The van der Waals surface area contributed by atoms with E-state index in [2.05, 4.69) is 4.98 Å². The number of aliphatic hydroxyl groups excluding tert-OH is 1. The molecular formula is C23H30FN2O7PS2. The molecule has 1 fully saturated rings. The number of nitrogens with zero attached hydrogens (tertiary/aromatic N) is 1. The number of para-hydroxylation sites is 1. The average molecular weight is 563 g/mol. The number of carbonyl (C=O) groups is 1. The molecule has 0 saturated carbocycles. The summed E-state index contributed by atoms with van der Waals surface area (Å²) in [6.45, 7) is 3.36. The Hall–Kier alpha value is -1.95. The summed E-state index contributed by atoms with van der Waals surface area (Å²) in [5.41, 5.74) is 0.546. The molecule has 1 aromatic carbocycles. The molecule has 2 N–H and O–H groups in total. The standard InChI is InChI=1S/C23H30FN2O7PS2/c1-13(2)31-22(28)15(4)12-34(29,33-16-8-6-5-7-9-16)30-11-17-19(27)18(24)21(32-17)26-10-14(3)20(35)25-23(26)36/h5-10,13,15,17-19,21,27H,11-12H2,1-4H3,(H,25,35,36)/t15-,17+,18-,19?,21+,34-/m1/s1/i11D2. The SMILES string of the molecule is [2H]C([2H])(O[P@](=O)(C[C@@H](C)C(=O)OC(C)C)Oc1ccccc1)[C@@H]1O[C@H](n2cc(C)c(=S)[nH]c2=S)[C@H](F)C1O. The number of benzene rings is 1. The molecule has 0 aliphatic carbocycles. The van der Waals surface area contributed by atoms with Crippen LogP contribution in [0.3, 0.4) is 0 Å². The number of carbonyl (C=O) groups excluding carboxylic acids is 1. The van der Waals surface area contributed by atoms with Crippen LogP contribution >= 0.6 is 32.0 Å². The molecule has 13 heteroatoms. The van der Waals surface area contributed by atoms with Gasteiger partial charge in [-0.1, -0.05) is 37.3 Å². The Balaban J connectivity index is 1.90. The number of aryl methyl sites for hydroxylation is 1. The molecule has 2 aromatic rings. The number of aliphatic hydroxyl groups is 1. The van der Waals surface area contributed by atoms with Crippen LogP contribution in [0.4, 0.5) is 4.39 Å². The zero-order valence-electron chi connectivity index (χ0n) is 22.1. The Morgan fingerprint density at radius 2 is 2.00 bits per heavy atom. The second-order valence-corrected chi connectivity index (χ2v) is 11.4. The van der Waals surface area contributed by atoms with Gasteiger partial charge in [0.2, 0.25) is 0 Å². The second-order valence-electron chi connectivity index (χ2n) is 8.65. The van der Waals surface area contributed by atoms with Crippen molar-refractivity contribution in [3.8, 4) is 5.75 Å². The summed E-state index contributed by atoms with van der Waals surface area (Å²) in [5, 5.41) is 10.6. The number of hydrogen-bond donors (Lipinski definition) is 2. The highest BCUT2D eigenvalue weighted by Crippen LogP contribution is 2.50. The summed E-state index contributed by atoms with van der Waals surface area (Å²) in [7, 11) is -4.47. The van der Waals surface area contributed by atoms with Gasteiger partial charge >= 0.3 is 13.6 Å². The third-order valence-electron chi connectivity index (χ3n) is 5.16. The van der Waals surface area contributed by atoms with Crippen LogP contribution in [-0.2, 0) is 23.4 Å². The van der Waals surface area contributed by atoms with E-state index in [1.165, 1.54) is 29.8 Å². The van der Waals surface area contributed by atoms with Crippen LogP contribution in [0.5, 0.6) is 5.75 Å². The number of aromatic nitrogens is 2. The van der Waals surface area contributed by atoms with Crippen molar-refractivity contribution >= 4 is 38.0 Å². The second kappa shape index (κ2) is 12.1. The number of rotatable bonds is 10. The average Bonchev–Trinajstić information content (AvgIpc) is 3.11. The van der Waals surface area contributed by atoms with Crippen LogP contribution in [0.1, 0.15) is 35.3 Å². The number of ether oxygens (including phenoxy) is 2. The van der Waals surface area contributed by atoms with Crippen molar-refractivity contribution in [2.45, 2.75) is 58.4 Å². The fourth-order valence-corrected chi connectivity index (χ4v) is 5.55. The van der Waals surface area contributed by atoms with E-state index in [1.807, 2.05) is 0 Å². The van der Waals surface area contributed by atoms with Crippen molar-refractivity contribution in [2.24, 2.45) is 5.92 Å². The zero-order valence-corrected chi connectivity index (χ0v) is 22.6. The van der Waals surface area contributed by atoms with E-state index in [-0.39, 0.29) is 10.5 Å². The lowest BCUT2D eigenvalue weighted by atomic mass is 10.1. The normalized spacial score (nSPS) is 25.5. The highest BCUT2D eigenvalue weighted by Gasteiger charge is 2.46. The molecule has 1 unspecified atom stereocenters. The van der Waals surface area contributed by atoms with Crippen molar-refractivity contribution in [3.63, 3.8) is 0 Å². The monoisotopic (exact) mass is 562 g/mol. The van der Waals surface area contributed by atoms with E-state index in [0.717, 1.165) is 0 Å². The quantitative estimate of drug-likeness (QED) is 0.233. The summed E-state index contributed by atoms with van der Waals surface area (Å²) in [4.78, 5) is 15.1. The first-order valence-electron chi connectivity index (χ1n) is 12.2. The van der Waals surface area contributed by atoms with Crippen LogP contribution in [-0.4, -0.2) is 57.8 Å². The van der Waals surface area contributed by atoms with Gasteiger partial charge in [-0.15, -0.1) is 0 Å². The molecule has 1 aromatic heterocycles. The minimum Gasteiger partial charge on any atom is -0.463 e. The predicted octanol–water partition coefficient (Wildman–Crippen LogP) is 5.06. The Kier molecular flexibility index (Phi) is 8.61. The first-order valence-corrected chi connectivity index (χ1v) is 13.7. The van der Waals surface area contributed by atoms with E-state index in [4.69, 9.17) is 45.7 Å². The lowest BCUT2D eigenvalue weighted by molar-refractivity contribution is -0.151. The van der Waals surface area contributed by atoms with Gasteiger partial charge in [0.15, 0.2) is 17.2 Å². The predicted molar refractivity (Wildman–Crippen MR) is 136 cm³/mol. The molecule has 36 heavy (non-hydrogen) atoms. The minimum absolute atomic E-state index is 0.00171. The topological polar surface area (TPSA) is 112 Å². The molecule has 3 rings (SSSR count). The van der Waals surface area contributed by atoms with E-state index in [9.17, 15) is 14.5 Å². The number of esters is 1. The molecule has 9 nitrogen and oxygen atoms in total. The van der Waals surface area contributed by atoms with Gasteiger partial charge in [0.05, 0.1) is 27.5 Å². The van der Waals surface area contributed by atoms with E-state index >= 15 is 4.39 Å². The number of halogens is 1. The van der Waals surface area contributed by atoms with Crippen LogP contribution in [0.25, 0.3) is 0 Å². The molecule has 2 heterocycles. The van der Waals surface area contributed by atoms with Gasteiger partial charge in [-0.25, -0.2) is 8.96 Å². The van der Waals surface area contributed by atoms with Gasteiger partial charge < -0.3 is 24.1 Å². The summed E-state index contributed by atoms with van der Waals surface area (Å²) >= 11 is 10.3. The molecule has 0 amide bonds. The van der Waals surface area contributed by atoms with E-state index in [0.29, 0.717) is 10.2 Å². The molecule has 0 spiro atoms. The molecule has 1 aliphatic heterocycles. The Bertz CT molecular complexity index is 1310. The molecule has 198 valence electrons. The highest BCUT2D eigenvalue weighted by molar-refractivity contribution is 7.72. The van der Waals surface area contributed by atoms with Crippen molar-refractivity contribution in [2.75, 3.05) is 12.7 Å². The molecule has 1 saturated heterocycles. The molecule has 0 radical (unpaired) electrons. The minimum atomic E-state index is -4.47. The fraction of sp³-hybridized carbons (Fsp3) is 0.522. The van der Waals surface area contributed by atoms with Crippen LogP contribution < -0.4 is 4.52 Å². The van der Waals surface area contributed by atoms with Crippen LogP contribution in [0.15, 0.2) is 36.5 Å². The Labute approximate surface area is 221 Å². The Morgan fingerprint density at radius 3 is 2.64 bits per heavy atom. The number of aromatic amines is 1. The van der Waals surface area contributed by atoms with E-state index < -0.39 is 62.9 Å². The Morgan fingerprint density at radius 1 is 1.33 bits per heavy atom. The van der Waals surface area contributed by atoms with Gasteiger partial charge in [-0.05, 0) is 45.1 Å². The van der Waals surface area contributed by atoms with Gasteiger partial charge in [-0.2, -0.15) is 0 Å². The summed E-state index contributed by atoms with van der Waals surface area (Å²) < 4.78 is 69.2. The number of nitrogens with one attached hydrogen (secondary N) is 1. The number of alkyl halides is 1. The summed E-state index contributed by atoms with van der Waals surface area (Å²) in [5.74, 6) is -1.60. The van der Waals surface area contributed by atoms with Gasteiger partial charge in [0, 0.05) is 11.8 Å². The fourth-order valence-electron chi connectivity index (χ4n) is 3.36. The van der Waals surface area contributed by atoms with Crippen molar-refractivity contribution in [1.82, 2.24) is 9.55 Å². The maximum Gasteiger partial charge on any atom is 0.380 e. The van der Waals surface area contributed by atoms with Crippen LogP contribution in [0.2, 0.25) is 0 Å². The van der Waals surface area contributed by atoms with Gasteiger partial charge in [0.1, 0.15) is 22.6 Å². The maximum atomic E-state index is 15.2. The first kappa shape index (κ1) is 25.7. The highest BCUT2D eigenvalue weighted by atomic mass is 32.1. The zero-order chi connectivity index (χ0) is 28.4. The van der Waals surface area contributed by atoms with E-state index in [1.54, 1.807) is 39.0 Å². The number of hydrogen-bond acceptors (Lipinski definition) is 9. The smallest absolute Gasteiger partial charge is 0.380 e. The van der Waals surface area contributed by atoms with Crippen LogP contribution in [0, 0.1) is 22.3 Å². The first-order chi connectivity index (χ1) is 17.6. The lowest BCUT2D eigenvalue weighted by Gasteiger charge is -2.24. The summed E-state index contributed by atoms with van der Waals surface area (Å²) in [6.07, 6.45) is -7.17.